The number of rotatable bonds is 3. The van der Waals surface area contributed by atoms with Crippen molar-refractivity contribution in [2.24, 2.45) is 0 Å². The van der Waals surface area contributed by atoms with Crippen molar-refractivity contribution in [1.29, 1.82) is 5.26 Å². The number of hydrogen-bond donors (Lipinski definition) is 0. The van der Waals surface area contributed by atoms with Crippen LogP contribution >= 0.6 is 0 Å². The van der Waals surface area contributed by atoms with E-state index in [9.17, 15) is 8.42 Å². The molecule has 0 aromatic carbocycles. The SMILES string of the molecule is Cc1noc(C)c1S(=O)(=O)N1CCN(c2ccc(C#N)cn2)CC1. The Morgan fingerprint density at radius 2 is 1.92 bits per heavy atom. The molecule has 0 aliphatic carbocycles. The fourth-order valence-electron chi connectivity index (χ4n) is 2.77. The van der Waals surface area contributed by atoms with Gasteiger partial charge in [0.05, 0.1) is 5.56 Å². The van der Waals surface area contributed by atoms with Gasteiger partial charge in [0.25, 0.3) is 0 Å². The zero-order chi connectivity index (χ0) is 17.3. The van der Waals surface area contributed by atoms with E-state index in [2.05, 4.69) is 10.1 Å². The van der Waals surface area contributed by atoms with Crippen LogP contribution in [0.1, 0.15) is 17.0 Å². The molecule has 0 unspecified atom stereocenters. The first-order valence-electron chi connectivity index (χ1n) is 7.47. The van der Waals surface area contributed by atoms with Gasteiger partial charge in [0.1, 0.15) is 22.5 Å². The Morgan fingerprint density at radius 3 is 2.42 bits per heavy atom. The van der Waals surface area contributed by atoms with Crippen molar-refractivity contribution >= 4 is 15.8 Å². The molecular formula is C15H17N5O3S. The van der Waals surface area contributed by atoms with Crippen LogP contribution in [0.2, 0.25) is 0 Å². The summed E-state index contributed by atoms with van der Waals surface area (Å²) in [5.41, 5.74) is 0.877. The summed E-state index contributed by atoms with van der Waals surface area (Å²) in [5, 5.41) is 12.5. The van der Waals surface area contributed by atoms with Gasteiger partial charge in [0.2, 0.25) is 10.0 Å². The quantitative estimate of drug-likeness (QED) is 0.818. The summed E-state index contributed by atoms with van der Waals surface area (Å²) in [5.74, 6) is 1.05. The van der Waals surface area contributed by atoms with Gasteiger partial charge in [-0.15, -0.1) is 0 Å². The third kappa shape index (κ3) is 2.86. The highest BCUT2D eigenvalue weighted by Crippen LogP contribution is 2.25. The van der Waals surface area contributed by atoms with Gasteiger partial charge in [-0.1, -0.05) is 5.16 Å². The largest absolute Gasteiger partial charge is 0.360 e. The summed E-state index contributed by atoms with van der Waals surface area (Å²) in [4.78, 5) is 6.41. The number of nitriles is 1. The maximum atomic E-state index is 12.8. The predicted molar refractivity (Wildman–Crippen MR) is 85.9 cm³/mol. The van der Waals surface area contributed by atoms with Gasteiger partial charge in [0, 0.05) is 32.4 Å². The van der Waals surface area contributed by atoms with Crippen LogP contribution in [-0.2, 0) is 10.0 Å². The fourth-order valence-corrected chi connectivity index (χ4v) is 4.48. The predicted octanol–water partition coefficient (Wildman–Crippen LogP) is 1.07. The van der Waals surface area contributed by atoms with E-state index in [1.165, 1.54) is 10.5 Å². The molecule has 126 valence electrons. The summed E-state index contributed by atoms with van der Waals surface area (Å²) in [7, 11) is -3.61. The highest BCUT2D eigenvalue weighted by molar-refractivity contribution is 7.89. The van der Waals surface area contributed by atoms with E-state index >= 15 is 0 Å². The van der Waals surface area contributed by atoms with E-state index in [0.717, 1.165) is 5.82 Å². The summed E-state index contributed by atoms with van der Waals surface area (Å²) < 4.78 is 32.0. The summed E-state index contributed by atoms with van der Waals surface area (Å²) in [6.07, 6.45) is 1.52. The molecule has 1 fully saturated rings. The molecule has 2 aromatic heterocycles. The van der Waals surface area contributed by atoms with Crippen LogP contribution in [0.3, 0.4) is 0 Å². The van der Waals surface area contributed by atoms with E-state index in [4.69, 9.17) is 9.78 Å². The second-order valence-electron chi connectivity index (χ2n) is 5.56. The van der Waals surface area contributed by atoms with Crippen molar-refractivity contribution in [2.45, 2.75) is 18.7 Å². The number of aromatic nitrogens is 2. The van der Waals surface area contributed by atoms with E-state index in [-0.39, 0.29) is 4.90 Å². The van der Waals surface area contributed by atoms with E-state index < -0.39 is 10.0 Å². The molecule has 0 bridgehead atoms. The van der Waals surface area contributed by atoms with Crippen molar-refractivity contribution in [3.63, 3.8) is 0 Å². The number of aryl methyl sites for hydroxylation is 2. The summed E-state index contributed by atoms with van der Waals surface area (Å²) in [6.45, 7) is 5.00. The summed E-state index contributed by atoms with van der Waals surface area (Å²) in [6, 6.07) is 5.51. The molecular weight excluding hydrogens is 330 g/mol. The van der Waals surface area contributed by atoms with Crippen molar-refractivity contribution in [2.75, 3.05) is 31.1 Å². The number of anilines is 1. The first-order chi connectivity index (χ1) is 11.4. The molecule has 1 saturated heterocycles. The number of hydrogen-bond acceptors (Lipinski definition) is 7. The van der Waals surface area contributed by atoms with Gasteiger partial charge in [-0.2, -0.15) is 9.57 Å². The Balaban J connectivity index is 1.74. The molecule has 0 N–H and O–H groups in total. The lowest BCUT2D eigenvalue weighted by Gasteiger charge is -2.34. The molecule has 3 rings (SSSR count). The number of sulfonamides is 1. The zero-order valence-electron chi connectivity index (χ0n) is 13.4. The fraction of sp³-hybridized carbons (Fsp3) is 0.400. The van der Waals surface area contributed by atoms with Gasteiger partial charge in [0.15, 0.2) is 5.76 Å². The lowest BCUT2D eigenvalue weighted by molar-refractivity contribution is 0.378. The monoisotopic (exact) mass is 347 g/mol. The molecule has 0 amide bonds. The lowest BCUT2D eigenvalue weighted by Crippen LogP contribution is -2.49. The molecule has 9 heteroatoms. The van der Waals surface area contributed by atoms with Crippen LogP contribution in [-0.4, -0.2) is 49.0 Å². The highest BCUT2D eigenvalue weighted by atomic mass is 32.2. The van der Waals surface area contributed by atoms with Gasteiger partial charge in [-0.25, -0.2) is 13.4 Å². The first-order valence-corrected chi connectivity index (χ1v) is 8.91. The summed E-state index contributed by atoms with van der Waals surface area (Å²) >= 11 is 0. The van der Waals surface area contributed by atoms with Crippen LogP contribution < -0.4 is 4.90 Å². The minimum absolute atomic E-state index is 0.160. The maximum absolute atomic E-state index is 12.8. The molecule has 1 aliphatic heterocycles. The molecule has 0 spiro atoms. The number of piperazine rings is 1. The molecule has 2 aromatic rings. The Morgan fingerprint density at radius 1 is 1.21 bits per heavy atom. The second-order valence-corrected chi connectivity index (χ2v) is 7.44. The standard InChI is InChI=1S/C15H17N5O3S/c1-11-15(12(2)23-18-11)24(21,22)20-7-5-19(6-8-20)14-4-3-13(9-16)10-17-14/h3-4,10H,5-8H2,1-2H3. The molecule has 0 radical (unpaired) electrons. The second kappa shape index (κ2) is 6.22. The van der Waals surface area contributed by atoms with E-state index in [0.29, 0.717) is 43.2 Å². The van der Waals surface area contributed by atoms with E-state index in [1.807, 2.05) is 11.0 Å². The minimum Gasteiger partial charge on any atom is -0.360 e. The lowest BCUT2D eigenvalue weighted by atomic mass is 10.3. The Labute approximate surface area is 140 Å². The van der Waals surface area contributed by atoms with Gasteiger partial charge in [-0.3, -0.25) is 0 Å². The minimum atomic E-state index is -3.61. The topological polar surface area (TPSA) is 103 Å². The van der Waals surface area contributed by atoms with Crippen LogP contribution in [0.15, 0.2) is 27.7 Å². The van der Waals surface area contributed by atoms with Crippen LogP contribution in [0.25, 0.3) is 0 Å². The Kier molecular flexibility index (Phi) is 4.26. The third-order valence-electron chi connectivity index (χ3n) is 4.01. The van der Waals surface area contributed by atoms with Crippen molar-refractivity contribution in [3.8, 4) is 6.07 Å². The van der Waals surface area contributed by atoms with Crippen LogP contribution in [0.5, 0.6) is 0 Å². The molecule has 0 saturated carbocycles. The normalized spacial score (nSPS) is 16.1. The van der Waals surface area contributed by atoms with Crippen molar-refractivity contribution in [3.05, 3.63) is 35.3 Å². The number of nitrogens with zero attached hydrogens (tertiary/aromatic N) is 5. The van der Waals surface area contributed by atoms with Crippen molar-refractivity contribution < 1.29 is 12.9 Å². The maximum Gasteiger partial charge on any atom is 0.248 e. The Bertz CT molecular complexity index is 855. The van der Waals surface area contributed by atoms with Crippen LogP contribution in [0, 0.1) is 25.2 Å². The van der Waals surface area contributed by atoms with Crippen molar-refractivity contribution in [1.82, 2.24) is 14.4 Å². The molecule has 24 heavy (non-hydrogen) atoms. The van der Waals surface area contributed by atoms with Crippen LogP contribution in [0.4, 0.5) is 5.82 Å². The Hall–Kier alpha value is -2.44. The smallest absolute Gasteiger partial charge is 0.248 e. The molecule has 3 heterocycles. The first kappa shape index (κ1) is 16.4. The van der Waals surface area contributed by atoms with Gasteiger partial charge < -0.3 is 9.42 Å². The number of pyridine rings is 1. The molecule has 8 nitrogen and oxygen atoms in total. The zero-order valence-corrected chi connectivity index (χ0v) is 14.2. The highest BCUT2D eigenvalue weighted by Gasteiger charge is 2.33. The van der Waals surface area contributed by atoms with Gasteiger partial charge in [-0.05, 0) is 26.0 Å². The molecule has 0 atom stereocenters. The van der Waals surface area contributed by atoms with E-state index in [1.54, 1.807) is 26.0 Å². The molecule has 1 aliphatic rings. The third-order valence-corrected chi connectivity index (χ3v) is 6.15. The van der Waals surface area contributed by atoms with Gasteiger partial charge >= 0.3 is 0 Å². The average molecular weight is 347 g/mol. The average Bonchev–Trinajstić information content (AvgIpc) is 2.94.